The van der Waals surface area contributed by atoms with Crippen LogP contribution in [0.15, 0.2) is 23.7 Å². The number of aliphatic imine (C=N–C) groups is 1. The molecule has 0 aromatic carbocycles. The average Bonchev–Trinajstić information content (AvgIpc) is 2.96. The van der Waals surface area contributed by atoms with Gasteiger partial charge in [-0.3, -0.25) is 4.99 Å². The van der Waals surface area contributed by atoms with Gasteiger partial charge in [-0.15, -0.1) is 24.0 Å². The van der Waals surface area contributed by atoms with Crippen molar-refractivity contribution in [2.75, 3.05) is 13.6 Å². The second-order valence-corrected chi connectivity index (χ2v) is 3.88. The molecule has 1 aromatic rings. The number of rotatable bonds is 4. The van der Waals surface area contributed by atoms with Crippen LogP contribution in [0.2, 0.25) is 0 Å². The zero-order valence-electron chi connectivity index (χ0n) is 9.41. The monoisotopic (exact) mass is 335 g/mol. The normalized spacial score (nSPS) is 15.7. The molecule has 0 saturated heterocycles. The van der Waals surface area contributed by atoms with Gasteiger partial charge in [0, 0.05) is 32.0 Å². The Labute approximate surface area is 113 Å². The van der Waals surface area contributed by atoms with Crippen LogP contribution in [0.4, 0.5) is 0 Å². The Morgan fingerprint density at radius 2 is 2.38 bits per heavy atom. The smallest absolute Gasteiger partial charge is 0.191 e. The summed E-state index contributed by atoms with van der Waals surface area (Å²) < 4.78 is 1.99. The van der Waals surface area contributed by atoms with E-state index < -0.39 is 0 Å². The van der Waals surface area contributed by atoms with Gasteiger partial charge < -0.3 is 15.2 Å². The summed E-state index contributed by atoms with van der Waals surface area (Å²) in [6.45, 7) is 1.54. The highest BCUT2D eigenvalue weighted by Gasteiger charge is 2.27. The van der Waals surface area contributed by atoms with Crippen LogP contribution in [-0.2, 0) is 6.54 Å². The second-order valence-electron chi connectivity index (χ2n) is 3.88. The molecule has 2 N–H and O–H groups in total. The molecular formula is C10H18IN5. The van der Waals surface area contributed by atoms with E-state index in [2.05, 4.69) is 14.9 Å². The minimum absolute atomic E-state index is 0. The number of nitrogens with two attached hydrogens (primary N) is 1. The van der Waals surface area contributed by atoms with Gasteiger partial charge >= 0.3 is 0 Å². The molecule has 0 unspecified atom stereocenters. The number of nitrogens with zero attached hydrogens (tertiary/aromatic N) is 4. The first-order valence-electron chi connectivity index (χ1n) is 5.26. The molecule has 1 aromatic heterocycles. The van der Waals surface area contributed by atoms with E-state index in [1.807, 2.05) is 17.8 Å². The fourth-order valence-corrected chi connectivity index (χ4v) is 1.46. The molecule has 1 aliphatic carbocycles. The van der Waals surface area contributed by atoms with Gasteiger partial charge in [-0.25, -0.2) is 4.98 Å². The third-order valence-corrected chi connectivity index (χ3v) is 2.65. The van der Waals surface area contributed by atoms with Crippen molar-refractivity contribution in [3.63, 3.8) is 0 Å². The topological polar surface area (TPSA) is 59.4 Å². The van der Waals surface area contributed by atoms with Gasteiger partial charge in [-0.1, -0.05) is 0 Å². The minimum Gasteiger partial charge on any atom is -0.370 e. The molecule has 0 bridgehead atoms. The van der Waals surface area contributed by atoms with Crippen LogP contribution >= 0.6 is 24.0 Å². The summed E-state index contributed by atoms with van der Waals surface area (Å²) in [5.41, 5.74) is 5.85. The van der Waals surface area contributed by atoms with Gasteiger partial charge in [0.25, 0.3) is 0 Å². The number of hydrogen-bond donors (Lipinski definition) is 1. The zero-order chi connectivity index (χ0) is 10.7. The molecule has 1 saturated carbocycles. The Bertz CT molecular complexity index is 331. The van der Waals surface area contributed by atoms with E-state index in [4.69, 9.17) is 5.73 Å². The first-order chi connectivity index (χ1) is 7.27. The number of halogens is 1. The van der Waals surface area contributed by atoms with Gasteiger partial charge in [0.1, 0.15) is 0 Å². The molecular weight excluding hydrogens is 317 g/mol. The average molecular weight is 335 g/mol. The van der Waals surface area contributed by atoms with Gasteiger partial charge in [0.2, 0.25) is 0 Å². The minimum atomic E-state index is 0. The van der Waals surface area contributed by atoms with Gasteiger partial charge in [-0.2, -0.15) is 0 Å². The lowest BCUT2D eigenvalue weighted by Crippen LogP contribution is -2.35. The molecule has 1 heterocycles. The Hall–Kier alpha value is -0.790. The standard InChI is InChI=1S/C10H17N5.HI/c1-14(9-2-3-9)10(11)13-5-7-15-6-4-12-8-15;/h4,6,8-9H,2-3,5,7H2,1H3,(H2,11,13);1H. The van der Waals surface area contributed by atoms with Crippen molar-refractivity contribution in [2.45, 2.75) is 25.4 Å². The highest BCUT2D eigenvalue weighted by Crippen LogP contribution is 2.24. The van der Waals surface area contributed by atoms with E-state index in [0.717, 1.165) is 6.54 Å². The van der Waals surface area contributed by atoms with E-state index in [1.165, 1.54) is 12.8 Å². The lowest BCUT2D eigenvalue weighted by Gasteiger charge is -2.16. The van der Waals surface area contributed by atoms with Crippen LogP contribution < -0.4 is 5.73 Å². The van der Waals surface area contributed by atoms with Crippen molar-refractivity contribution in [2.24, 2.45) is 10.7 Å². The van der Waals surface area contributed by atoms with Gasteiger partial charge in [0.05, 0.1) is 12.9 Å². The van der Waals surface area contributed by atoms with Crippen LogP contribution in [0.3, 0.4) is 0 Å². The highest BCUT2D eigenvalue weighted by molar-refractivity contribution is 14.0. The van der Waals surface area contributed by atoms with E-state index in [0.29, 0.717) is 18.5 Å². The summed E-state index contributed by atoms with van der Waals surface area (Å²) in [7, 11) is 2.01. The van der Waals surface area contributed by atoms with E-state index >= 15 is 0 Å². The van der Waals surface area contributed by atoms with Crippen molar-refractivity contribution in [3.05, 3.63) is 18.7 Å². The number of imidazole rings is 1. The fraction of sp³-hybridized carbons (Fsp3) is 0.600. The quantitative estimate of drug-likeness (QED) is 0.506. The lowest BCUT2D eigenvalue weighted by molar-refractivity contribution is 0.486. The number of guanidine groups is 1. The Balaban J connectivity index is 0.00000128. The lowest BCUT2D eigenvalue weighted by atomic mass is 10.6. The first kappa shape index (κ1) is 13.3. The van der Waals surface area contributed by atoms with Crippen molar-refractivity contribution >= 4 is 29.9 Å². The Morgan fingerprint density at radius 3 is 2.94 bits per heavy atom. The molecule has 2 rings (SSSR count). The first-order valence-corrected chi connectivity index (χ1v) is 5.26. The molecule has 1 aliphatic rings. The summed E-state index contributed by atoms with van der Waals surface area (Å²) in [6, 6.07) is 0.627. The largest absolute Gasteiger partial charge is 0.370 e. The number of hydrogen-bond acceptors (Lipinski definition) is 2. The molecule has 0 aliphatic heterocycles. The van der Waals surface area contributed by atoms with E-state index in [-0.39, 0.29) is 24.0 Å². The molecule has 0 radical (unpaired) electrons. The van der Waals surface area contributed by atoms with E-state index in [9.17, 15) is 0 Å². The molecule has 1 fully saturated rings. The van der Waals surface area contributed by atoms with Crippen molar-refractivity contribution in [3.8, 4) is 0 Å². The van der Waals surface area contributed by atoms with Crippen LogP contribution in [0.1, 0.15) is 12.8 Å². The van der Waals surface area contributed by atoms with Crippen LogP contribution in [0, 0.1) is 0 Å². The molecule has 16 heavy (non-hydrogen) atoms. The summed E-state index contributed by atoms with van der Waals surface area (Å²) in [6.07, 6.45) is 7.97. The molecule has 90 valence electrons. The van der Waals surface area contributed by atoms with Crippen LogP contribution in [0.25, 0.3) is 0 Å². The summed E-state index contributed by atoms with van der Waals surface area (Å²) in [4.78, 5) is 10.4. The maximum Gasteiger partial charge on any atom is 0.191 e. The van der Waals surface area contributed by atoms with Gasteiger partial charge in [0.15, 0.2) is 5.96 Å². The highest BCUT2D eigenvalue weighted by atomic mass is 127. The molecule has 0 spiro atoms. The summed E-state index contributed by atoms with van der Waals surface area (Å²) >= 11 is 0. The van der Waals surface area contributed by atoms with Crippen molar-refractivity contribution in [1.29, 1.82) is 0 Å². The van der Waals surface area contributed by atoms with Crippen LogP contribution in [0.5, 0.6) is 0 Å². The summed E-state index contributed by atoms with van der Waals surface area (Å²) in [5, 5.41) is 0. The maximum atomic E-state index is 5.85. The zero-order valence-corrected chi connectivity index (χ0v) is 11.7. The third kappa shape index (κ3) is 3.66. The molecule has 0 amide bonds. The fourth-order valence-electron chi connectivity index (χ4n) is 1.46. The maximum absolute atomic E-state index is 5.85. The Kier molecular flexibility index (Phi) is 5.04. The Morgan fingerprint density at radius 1 is 1.62 bits per heavy atom. The molecule has 6 heteroatoms. The predicted molar refractivity (Wildman–Crippen MR) is 74.9 cm³/mol. The molecule has 0 atom stereocenters. The number of aromatic nitrogens is 2. The van der Waals surface area contributed by atoms with Crippen molar-refractivity contribution < 1.29 is 0 Å². The third-order valence-electron chi connectivity index (χ3n) is 2.65. The predicted octanol–water partition coefficient (Wildman–Crippen LogP) is 0.910. The molecule has 5 nitrogen and oxygen atoms in total. The summed E-state index contributed by atoms with van der Waals surface area (Å²) in [5.74, 6) is 0.651. The second kappa shape index (κ2) is 6.07. The van der Waals surface area contributed by atoms with E-state index in [1.54, 1.807) is 12.5 Å². The van der Waals surface area contributed by atoms with Crippen molar-refractivity contribution in [1.82, 2.24) is 14.5 Å². The van der Waals surface area contributed by atoms with Gasteiger partial charge in [-0.05, 0) is 12.8 Å². The SMILES string of the molecule is CN(C(N)=NCCn1ccnc1)C1CC1.I. The van der Waals surface area contributed by atoms with Crippen LogP contribution in [-0.4, -0.2) is 40.0 Å².